The molecule has 0 bridgehead atoms. The van der Waals surface area contributed by atoms with E-state index < -0.39 is 10.0 Å². The maximum Gasteiger partial charge on any atom is 0.271 e. The largest absolute Gasteiger partial charge is 0.310 e. The molecule has 0 unspecified atom stereocenters. The van der Waals surface area contributed by atoms with Gasteiger partial charge in [-0.05, 0) is 36.1 Å². The molecule has 1 saturated heterocycles. The molecule has 1 aliphatic rings. The van der Waals surface area contributed by atoms with Crippen molar-refractivity contribution in [3.63, 3.8) is 0 Å². The van der Waals surface area contributed by atoms with Crippen molar-refractivity contribution in [3.05, 3.63) is 40.7 Å². The van der Waals surface area contributed by atoms with E-state index in [1.807, 2.05) is 0 Å². The summed E-state index contributed by atoms with van der Waals surface area (Å²) in [6.07, 6.45) is 1.23. The van der Waals surface area contributed by atoms with Crippen molar-refractivity contribution in [2.45, 2.75) is 17.1 Å². The SMILES string of the molecule is O=C1CCCN1c1ccc(Cl)cc1NS(=O)(=O)c1cccs1. The molecule has 3 rings (SSSR count). The molecule has 8 heteroatoms. The fraction of sp³-hybridized carbons (Fsp3) is 0.214. The molecule has 2 aromatic rings. The Bertz CT molecular complexity index is 804. The molecule has 2 heterocycles. The van der Waals surface area contributed by atoms with Crippen LogP contribution in [-0.4, -0.2) is 20.9 Å². The molecule has 1 amide bonds. The Morgan fingerprint density at radius 3 is 2.73 bits per heavy atom. The van der Waals surface area contributed by atoms with Gasteiger partial charge < -0.3 is 4.90 Å². The first-order valence-electron chi connectivity index (χ1n) is 6.63. The van der Waals surface area contributed by atoms with Gasteiger partial charge in [-0.3, -0.25) is 9.52 Å². The van der Waals surface area contributed by atoms with Crippen LogP contribution in [0.1, 0.15) is 12.8 Å². The van der Waals surface area contributed by atoms with E-state index in [2.05, 4.69) is 4.72 Å². The van der Waals surface area contributed by atoms with Gasteiger partial charge in [0.05, 0.1) is 11.4 Å². The van der Waals surface area contributed by atoms with Crippen molar-refractivity contribution in [1.29, 1.82) is 0 Å². The molecule has 22 heavy (non-hydrogen) atoms. The smallest absolute Gasteiger partial charge is 0.271 e. The van der Waals surface area contributed by atoms with Crippen LogP contribution in [0.3, 0.4) is 0 Å². The summed E-state index contributed by atoms with van der Waals surface area (Å²) >= 11 is 7.11. The molecule has 1 aromatic carbocycles. The van der Waals surface area contributed by atoms with Crippen LogP contribution in [0.5, 0.6) is 0 Å². The number of benzene rings is 1. The molecular formula is C14H13ClN2O3S2. The summed E-state index contributed by atoms with van der Waals surface area (Å²) < 4.78 is 27.5. The van der Waals surface area contributed by atoms with E-state index in [1.54, 1.807) is 28.5 Å². The summed E-state index contributed by atoms with van der Waals surface area (Å²) in [5.41, 5.74) is 0.850. The molecule has 0 atom stereocenters. The molecule has 1 fully saturated rings. The van der Waals surface area contributed by atoms with Gasteiger partial charge in [-0.15, -0.1) is 11.3 Å². The topological polar surface area (TPSA) is 66.5 Å². The third kappa shape index (κ3) is 2.97. The molecule has 1 aromatic heterocycles. The molecule has 0 saturated carbocycles. The minimum atomic E-state index is -3.68. The monoisotopic (exact) mass is 356 g/mol. The highest BCUT2D eigenvalue weighted by atomic mass is 35.5. The number of amides is 1. The second-order valence-corrected chi connectivity index (χ2v) is 8.14. The van der Waals surface area contributed by atoms with Crippen LogP contribution >= 0.6 is 22.9 Å². The van der Waals surface area contributed by atoms with Crippen molar-refractivity contribution in [3.8, 4) is 0 Å². The lowest BCUT2D eigenvalue weighted by Gasteiger charge is -2.20. The van der Waals surface area contributed by atoms with Crippen LogP contribution in [-0.2, 0) is 14.8 Å². The number of carbonyl (C=O) groups is 1. The Hall–Kier alpha value is -1.57. The molecular weight excluding hydrogens is 344 g/mol. The standard InChI is InChI=1S/C14H13ClN2O3S2/c15-10-5-6-12(17-7-1-3-13(17)18)11(9-10)16-22(19,20)14-4-2-8-21-14/h2,4-6,8-9,16H,1,3,7H2. The van der Waals surface area contributed by atoms with E-state index in [4.69, 9.17) is 11.6 Å². The van der Waals surface area contributed by atoms with Gasteiger partial charge in [-0.1, -0.05) is 17.7 Å². The fourth-order valence-corrected chi connectivity index (χ4v) is 4.57. The Morgan fingerprint density at radius 1 is 1.27 bits per heavy atom. The zero-order valence-corrected chi connectivity index (χ0v) is 13.8. The Kier molecular flexibility index (Phi) is 4.12. The van der Waals surface area contributed by atoms with Gasteiger partial charge in [0.25, 0.3) is 10.0 Å². The second kappa shape index (κ2) is 5.91. The number of anilines is 2. The fourth-order valence-electron chi connectivity index (χ4n) is 2.34. The average Bonchev–Trinajstić information content (AvgIpc) is 3.10. The number of halogens is 1. The van der Waals surface area contributed by atoms with Crippen LogP contribution in [0.4, 0.5) is 11.4 Å². The van der Waals surface area contributed by atoms with Crippen LogP contribution in [0.25, 0.3) is 0 Å². The molecule has 5 nitrogen and oxygen atoms in total. The molecule has 0 aliphatic carbocycles. The number of nitrogens with zero attached hydrogens (tertiary/aromatic N) is 1. The lowest BCUT2D eigenvalue weighted by atomic mass is 10.2. The van der Waals surface area contributed by atoms with Crippen LogP contribution in [0.2, 0.25) is 5.02 Å². The third-order valence-electron chi connectivity index (χ3n) is 3.33. The first kappa shape index (κ1) is 15.3. The van der Waals surface area contributed by atoms with E-state index in [-0.39, 0.29) is 10.1 Å². The van der Waals surface area contributed by atoms with Crippen molar-refractivity contribution >= 4 is 50.2 Å². The number of hydrogen-bond acceptors (Lipinski definition) is 4. The van der Waals surface area contributed by atoms with E-state index in [0.717, 1.165) is 17.8 Å². The highest BCUT2D eigenvalue weighted by molar-refractivity contribution is 7.94. The van der Waals surface area contributed by atoms with Gasteiger partial charge in [-0.2, -0.15) is 0 Å². The Labute approximate surface area is 137 Å². The van der Waals surface area contributed by atoms with Crippen LogP contribution in [0.15, 0.2) is 39.9 Å². The van der Waals surface area contributed by atoms with E-state index in [9.17, 15) is 13.2 Å². The normalized spacial score (nSPS) is 15.3. The summed E-state index contributed by atoms with van der Waals surface area (Å²) in [4.78, 5) is 13.5. The van der Waals surface area contributed by atoms with Gasteiger partial charge in [0, 0.05) is 18.0 Å². The summed E-state index contributed by atoms with van der Waals surface area (Å²) in [5, 5.41) is 2.09. The third-order valence-corrected chi connectivity index (χ3v) is 6.33. The van der Waals surface area contributed by atoms with Crippen molar-refractivity contribution < 1.29 is 13.2 Å². The Morgan fingerprint density at radius 2 is 2.09 bits per heavy atom. The van der Waals surface area contributed by atoms with Gasteiger partial charge in [-0.25, -0.2) is 8.42 Å². The molecule has 1 N–H and O–H groups in total. The summed E-state index contributed by atoms with van der Waals surface area (Å²) in [7, 11) is -3.68. The maximum absolute atomic E-state index is 12.4. The van der Waals surface area contributed by atoms with Gasteiger partial charge in [0.1, 0.15) is 4.21 Å². The van der Waals surface area contributed by atoms with E-state index >= 15 is 0 Å². The predicted molar refractivity (Wildman–Crippen MR) is 88.2 cm³/mol. The van der Waals surface area contributed by atoms with E-state index in [0.29, 0.717) is 29.4 Å². The summed E-state index contributed by atoms with van der Waals surface area (Å²) in [6, 6.07) is 8.03. The predicted octanol–water partition coefficient (Wildman–Crippen LogP) is 3.33. The number of sulfonamides is 1. The van der Waals surface area contributed by atoms with Gasteiger partial charge in [0.2, 0.25) is 5.91 Å². The maximum atomic E-state index is 12.4. The molecule has 1 aliphatic heterocycles. The van der Waals surface area contributed by atoms with Crippen molar-refractivity contribution in [2.24, 2.45) is 0 Å². The number of thiophene rings is 1. The van der Waals surface area contributed by atoms with E-state index in [1.165, 1.54) is 12.1 Å². The Balaban J connectivity index is 1.99. The number of carbonyl (C=O) groups excluding carboxylic acids is 1. The lowest BCUT2D eigenvalue weighted by molar-refractivity contribution is -0.117. The number of nitrogens with one attached hydrogen (secondary N) is 1. The van der Waals surface area contributed by atoms with Gasteiger partial charge >= 0.3 is 0 Å². The highest BCUT2D eigenvalue weighted by Gasteiger charge is 2.26. The van der Waals surface area contributed by atoms with Gasteiger partial charge in [0.15, 0.2) is 0 Å². The van der Waals surface area contributed by atoms with Crippen molar-refractivity contribution in [1.82, 2.24) is 0 Å². The van der Waals surface area contributed by atoms with Crippen LogP contribution < -0.4 is 9.62 Å². The highest BCUT2D eigenvalue weighted by Crippen LogP contribution is 2.34. The summed E-state index contributed by atoms with van der Waals surface area (Å²) in [5.74, 6) is -0.0149. The average molecular weight is 357 g/mol. The molecule has 0 spiro atoms. The first-order chi connectivity index (χ1) is 10.5. The number of hydrogen-bond donors (Lipinski definition) is 1. The molecule has 116 valence electrons. The zero-order valence-electron chi connectivity index (χ0n) is 11.5. The van der Waals surface area contributed by atoms with Crippen LogP contribution in [0, 0.1) is 0 Å². The van der Waals surface area contributed by atoms with Crippen molar-refractivity contribution in [2.75, 3.05) is 16.2 Å². The minimum Gasteiger partial charge on any atom is -0.310 e. The minimum absolute atomic E-state index is 0.0149. The lowest BCUT2D eigenvalue weighted by Crippen LogP contribution is -2.25. The summed E-state index contributed by atoms with van der Waals surface area (Å²) in [6.45, 7) is 0.578. The zero-order chi connectivity index (χ0) is 15.7. The quantitative estimate of drug-likeness (QED) is 0.913. The second-order valence-electron chi connectivity index (χ2n) is 4.85. The number of rotatable bonds is 4. The first-order valence-corrected chi connectivity index (χ1v) is 9.38. The molecule has 0 radical (unpaired) electrons.